The molecule has 0 spiro atoms. The minimum Gasteiger partial charge on any atom is -0.364 e. The zero-order valence-corrected chi connectivity index (χ0v) is 15.9. The van der Waals surface area contributed by atoms with Crippen LogP contribution in [-0.2, 0) is 11.3 Å². The van der Waals surface area contributed by atoms with Gasteiger partial charge in [0.25, 0.3) is 0 Å². The zero-order chi connectivity index (χ0) is 16.6. The van der Waals surface area contributed by atoms with Gasteiger partial charge in [0.2, 0.25) is 0 Å². The topological polar surface area (TPSA) is 60.4 Å². The standard InChI is InChI=1S/C17H18Br2N2O2/c1-17(22,23-7-6-20)10-21-15-4-2-11(18)8-13(15)14-9-12(19)3-5-16(14)21/h2-5,8-9,22H,6-7,10,20H2,1H3. The maximum absolute atomic E-state index is 10.5. The van der Waals surface area contributed by atoms with E-state index in [9.17, 15) is 5.11 Å². The number of ether oxygens (including phenoxy) is 1. The van der Waals surface area contributed by atoms with Gasteiger partial charge in [-0.1, -0.05) is 31.9 Å². The average molecular weight is 442 g/mol. The first kappa shape index (κ1) is 16.9. The molecule has 2 aromatic carbocycles. The highest BCUT2D eigenvalue weighted by Crippen LogP contribution is 2.34. The van der Waals surface area contributed by atoms with Crippen LogP contribution < -0.4 is 5.73 Å². The second kappa shape index (κ2) is 6.53. The molecule has 0 aliphatic carbocycles. The molecule has 1 unspecified atom stereocenters. The van der Waals surface area contributed by atoms with Crippen LogP contribution in [-0.4, -0.2) is 28.6 Å². The molecule has 1 aromatic heterocycles. The molecule has 0 bridgehead atoms. The van der Waals surface area contributed by atoms with Crippen molar-refractivity contribution >= 4 is 53.7 Å². The van der Waals surface area contributed by atoms with Crippen molar-refractivity contribution in [1.29, 1.82) is 0 Å². The van der Waals surface area contributed by atoms with Gasteiger partial charge in [0.05, 0.1) is 13.2 Å². The Morgan fingerprint density at radius 1 is 1.09 bits per heavy atom. The molecular formula is C17H18Br2N2O2. The zero-order valence-electron chi connectivity index (χ0n) is 12.7. The van der Waals surface area contributed by atoms with Crippen molar-refractivity contribution in [2.24, 2.45) is 5.73 Å². The molecule has 1 heterocycles. The molecule has 0 aliphatic rings. The number of rotatable bonds is 5. The van der Waals surface area contributed by atoms with Gasteiger partial charge in [-0.15, -0.1) is 0 Å². The van der Waals surface area contributed by atoms with Gasteiger partial charge in [-0.05, 0) is 43.3 Å². The Hall–Kier alpha value is -0.920. The molecule has 0 radical (unpaired) electrons. The van der Waals surface area contributed by atoms with Crippen molar-refractivity contribution in [2.45, 2.75) is 19.3 Å². The molecule has 3 aromatic rings. The molecule has 0 saturated heterocycles. The number of nitrogens with two attached hydrogens (primary N) is 1. The van der Waals surface area contributed by atoms with E-state index in [1.807, 2.05) is 24.3 Å². The van der Waals surface area contributed by atoms with Crippen LogP contribution in [0, 0.1) is 0 Å². The molecule has 122 valence electrons. The summed E-state index contributed by atoms with van der Waals surface area (Å²) in [5.74, 6) is -1.28. The quantitative estimate of drug-likeness (QED) is 0.588. The number of aliphatic hydroxyl groups is 1. The van der Waals surface area contributed by atoms with Crippen LogP contribution in [0.25, 0.3) is 21.8 Å². The Balaban J connectivity index is 2.18. The minimum absolute atomic E-state index is 0.321. The van der Waals surface area contributed by atoms with E-state index >= 15 is 0 Å². The van der Waals surface area contributed by atoms with Gasteiger partial charge in [0.1, 0.15) is 0 Å². The maximum Gasteiger partial charge on any atom is 0.180 e. The van der Waals surface area contributed by atoms with Gasteiger partial charge in [0.15, 0.2) is 5.79 Å². The van der Waals surface area contributed by atoms with Crippen molar-refractivity contribution in [2.75, 3.05) is 13.2 Å². The first-order chi connectivity index (χ1) is 10.9. The highest BCUT2D eigenvalue weighted by atomic mass is 79.9. The fourth-order valence-electron chi connectivity index (χ4n) is 2.84. The molecule has 23 heavy (non-hydrogen) atoms. The van der Waals surface area contributed by atoms with Gasteiger partial charge < -0.3 is 20.1 Å². The average Bonchev–Trinajstić information content (AvgIpc) is 2.78. The highest BCUT2D eigenvalue weighted by molar-refractivity contribution is 9.10. The van der Waals surface area contributed by atoms with E-state index < -0.39 is 5.79 Å². The molecular weight excluding hydrogens is 424 g/mol. The van der Waals surface area contributed by atoms with E-state index in [2.05, 4.69) is 48.6 Å². The van der Waals surface area contributed by atoms with Crippen molar-refractivity contribution < 1.29 is 9.84 Å². The van der Waals surface area contributed by atoms with Crippen LogP contribution >= 0.6 is 31.9 Å². The normalized spacial score (nSPS) is 14.5. The van der Waals surface area contributed by atoms with Crippen LogP contribution in [0.1, 0.15) is 6.92 Å². The van der Waals surface area contributed by atoms with E-state index in [0.717, 1.165) is 30.8 Å². The summed E-state index contributed by atoms with van der Waals surface area (Å²) in [6.07, 6.45) is 0. The molecule has 0 amide bonds. The van der Waals surface area contributed by atoms with Gasteiger partial charge >= 0.3 is 0 Å². The summed E-state index contributed by atoms with van der Waals surface area (Å²) >= 11 is 7.07. The van der Waals surface area contributed by atoms with E-state index in [0.29, 0.717) is 19.7 Å². The van der Waals surface area contributed by atoms with Crippen LogP contribution in [0.5, 0.6) is 0 Å². The largest absolute Gasteiger partial charge is 0.364 e. The fraction of sp³-hybridized carbons (Fsp3) is 0.294. The van der Waals surface area contributed by atoms with Crippen LogP contribution in [0.15, 0.2) is 45.3 Å². The predicted molar refractivity (Wildman–Crippen MR) is 100 cm³/mol. The summed E-state index contributed by atoms with van der Waals surface area (Å²) in [6.45, 7) is 2.69. The van der Waals surface area contributed by atoms with Gasteiger partial charge in [-0.3, -0.25) is 0 Å². The third-order valence-electron chi connectivity index (χ3n) is 3.77. The Morgan fingerprint density at radius 2 is 1.61 bits per heavy atom. The minimum atomic E-state index is -1.28. The molecule has 4 nitrogen and oxygen atoms in total. The Kier molecular flexibility index (Phi) is 4.80. The first-order valence-corrected chi connectivity index (χ1v) is 8.93. The molecule has 0 saturated carbocycles. The first-order valence-electron chi connectivity index (χ1n) is 7.35. The molecule has 3 N–H and O–H groups in total. The number of fused-ring (bicyclic) bond motifs is 3. The maximum atomic E-state index is 10.5. The highest BCUT2D eigenvalue weighted by Gasteiger charge is 2.24. The SMILES string of the molecule is CC(O)(Cn1c2ccc(Br)cc2c2cc(Br)ccc21)OCCN. The molecule has 0 fully saturated rings. The molecule has 1 atom stereocenters. The van der Waals surface area contributed by atoms with Crippen molar-refractivity contribution in [3.05, 3.63) is 45.3 Å². The second-order valence-electron chi connectivity index (χ2n) is 5.72. The number of aromatic nitrogens is 1. The Morgan fingerprint density at radius 3 is 2.09 bits per heavy atom. The summed E-state index contributed by atoms with van der Waals surface area (Å²) in [6, 6.07) is 12.3. The monoisotopic (exact) mass is 440 g/mol. The lowest BCUT2D eigenvalue weighted by Crippen LogP contribution is -2.35. The summed E-state index contributed by atoms with van der Waals surface area (Å²) in [7, 11) is 0. The van der Waals surface area contributed by atoms with Crippen molar-refractivity contribution in [1.82, 2.24) is 4.57 Å². The third-order valence-corrected chi connectivity index (χ3v) is 4.76. The molecule has 6 heteroatoms. The molecule has 0 aliphatic heterocycles. The fourth-order valence-corrected chi connectivity index (χ4v) is 3.56. The van der Waals surface area contributed by atoms with Gasteiger partial charge in [-0.2, -0.15) is 0 Å². The van der Waals surface area contributed by atoms with Crippen molar-refractivity contribution in [3.63, 3.8) is 0 Å². The molecule has 3 rings (SSSR count). The number of hydrogen-bond donors (Lipinski definition) is 2. The lowest BCUT2D eigenvalue weighted by molar-refractivity contribution is -0.195. The summed E-state index contributed by atoms with van der Waals surface area (Å²) in [5, 5.41) is 12.8. The Labute approximate surface area is 151 Å². The number of halogens is 2. The van der Waals surface area contributed by atoms with Crippen LogP contribution in [0.2, 0.25) is 0 Å². The van der Waals surface area contributed by atoms with Gasteiger partial charge in [0, 0.05) is 37.3 Å². The summed E-state index contributed by atoms with van der Waals surface area (Å²) in [4.78, 5) is 0. The number of nitrogens with zero attached hydrogens (tertiary/aromatic N) is 1. The second-order valence-corrected chi connectivity index (χ2v) is 7.55. The smallest absolute Gasteiger partial charge is 0.180 e. The van der Waals surface area contributed by atoms with Crippen LogP contribution in [0.3, 0.4) is 0 Å². The van der Waals surface area contributed by atoms with E-state index in [1.165, 1.54) is 0 Å². The van der Waals surface area contributed by atoms with E-state index in [1.54, 1.807) is 6.92 Å². The summed E-state index contributed by atoms with van der Waals surface area (Å²) in [5.41, 5.74) is 7.58. The number of hydrogen-bond acceptors (Lipinski definition) is 3. The Bertz CT molecular complexity index is 799. The third kappa shape index (κ3) is 3.46. The predicted octanol–water partition coefficient (Wildman–Crippen LogP) is 4.00. The van der Waals surface area contributed by atoms with E-state index in [-0.39, 0.29) is 0 Å². The van der Waals surface area contributed by atoms with Crippen LogP contribution in [0.4, 0.5) is 0 Å². The number of benzene rings is 2. The lowest BCUT2D eigenvalue weighted by Gasteiger charge is -2.25. The van der Waals surface area contributed by atoms with Crippen molar-refractivity contribution in [3.8, 4) is 0 Å². The lowest BCUT2D eigenvalue weighted by atomic mass is 10.2. The van der Waals surface area contributed by atoms with Gasteiger partial charge in [-0.25, -0.2) is 0 Å². The summed E-state index contributed by atoms with van der Waals surface area (Å²) < 4.78 is 9.62. The van der Waals surface area contributed by atoms with E-state index in [4.69, 9.17) is 10.5 Å².